The van der Waals surface area contributed by atoms with Gasteiger partial charge in [0.1, 0.15) is 5.82 Å². The van der Waals surface area contributed by atoms with Gasteiger partial charge in [0.05, 0.1) is 24.6 Å². The molecule has 1 N–H and O–H groups in total. The van der Waals surface area contributed by atoms with E-state index in [9.17, 15) is 4.79 Å². The van der Waals surface area contributed by atoms with Crippen molar-refractivity contribution in [3.05, 3.63) is 47.8 Å². The molecule has 21 heavy (non-hydrogen) atoms. The van der Waals surface area contributed by atoms with Crippen molar-refractivity contribution in [2.24, 2.45) is 0 Å². The molecule has 1 aromatic carbocycles. The van der Waals surface area contributed by atoms with Gasteiger partial charge in [0, 0.05) is 17.5 Å². The fourth-order valence-electron chi connectivity index (χ4n) is 2.27. The number of pyridine rings is 1. The van der Waals surface area contributed by atoms with E-state index in [1.165, 1.54) is 7.11 Å². The van der Waals surface area contributed by atoms with Crippen molar-refractivity contribution < 1.29 is 9.53 Å². The fourth-order valence-corrected chi connectivity index (χ4v) is 2.27. The van der Waals surface area contributed by atoms with Crippen molar-refractivity contribution in [2.75, 3.05) is 7.11 Å². The first-order valence-electron chi connectivity index (χ1n) is 6.65. The maximum atomic E-state index is 11.3. The number of H-pyrrole nitrogens is 1. The van der Waals surface area contributed by atoms with Gasteiger partial charge >= 0.3 is 5.97 Å². The molecule has 5 heteroatoms. The minimum atomic E-state index is -0.253. The molecule has 0 amide bonds. The highest BCUT2D eigenvalue weighted by Gasteiger charge is 2.10. The Morgan fingerprint density at radius 2 is 2.19 bits per heavy atom. The van der Waals surface area contributed by atoms with Gasteiger partial charge in [0.15, 0.2) is 0 Å². The van der Waals surface area contributed by atoms with Crippen LogP contribution in [0.2, 0.25) is 0 Å². The molecule has 0 saturated carbocycles. The smallest absolute Gasteiger partial charge is 0.309 e. The fraction of sp³-hybridized carbons (Fsp3) is 0.188. The Bertz CT molecular complexity index is 808. The quantitative estimate of drug-likeness (QED) is 0.749. The van der Waals surface area contributed by atoms with Crippen LogP contribution in [0.5, 0.6) is 0 Å². The summed E-state index contributed by atoms with van der Waals surface area (Å²) >= 11 is 0. The number of carbonyl (C=O) groups excluding carboxylic acids is 1. The molecule has 106 valence electrons. The molecular formula is C16H15N3O2. The van der Waals surface area contributed by atoms with Crippen LogP contribution < -0.4 is 0 Å². The maximum absolute atomic E-state index is 11.3. The van der Waals surface area contributed by atoms with E-state index in [1.54, 1.807) is 6.20 Å². The van der Waals surface area contributed by atoms with Crippen molar-refractivity contribution in [1.82, 2.24) is 15.0 Å². The summed E-state index contributed by atoms with van der Waals surface area (Å²) in [5.41, 5.74) is 4.55. The number of methoxy groups -OCH3 is 1. The predicted octanol–water partition coefficient (Wildman–Crippen LogP) is 2.65. The lowest BCUT2D eigenvalue weighted by atomic mass is 10.1. The van der Waals surface area contributed by atoms with Crippen molar-refractivity contribution >= 4 is 17.0 Å². The highest BCUT2D eigenvalue weighted by Crippen LogP contribution is 2.23. The van der Waals surface area contributed by atoms with Gasteiger partial charge < -0.3 is 9.72 Å². The Morgan fingerprint density at radius 1 is 1.33 bits per heavy atom. The standard InChI is InChI=1S/C16H15N3O2/c1-10-12(4-3-7-17-10)16-18-13-6-5-11(8-14(13)19-16)9-15(20)21-2/h3-8H,9H2,1-2H3,(H,18,19). The predicted molar refractivity (Wildman–Crippen MR) is 79.8 cm³/mol. The Kier molecular flexibility index (Phi) is 3.39. The molecule has 0 aliphatic heterocycles. The number of nitrogens with one attached hydrogen (secondary N) is 1. The van der Waals surface area contributed by atoms with E-state index in [1.807, 2.05) is 37.3 Å². The maximum Gasteiger partial charge on any atom is 0.309 e. The third-order valence-electron chi connectivity index (χ3n) is 3.38. The lowest BCUT2D eigenvalue weighted by Gasteiger charge is -1.99. The van der Waals surface area contributed by atoms with E-state index in [2.05, 4.69) is 19.7 Å². The van der Waals surface area contributed by atoms with Crippen LogP contribution in [0.1, 0.15) is 11.3 Å². The second-order valence-electron chi connectivity index (χ2n) is 4.83. The molecule has 0 spiro atoms. The minimum Gasteiger partial charge on any atom is -0.469 e. The molecule has 5 nitrogen and oxygen atoms in total. The molecule has 0 bridgehead atoms. The number of hydrogen-bond acceptors (Lipinski definition) is 4. The van der Waals surface area contributed by atoms with E-state index < -0.39 is 0 Å². The number of aromatic nitrogens is 3. The topological polar surface area (TPSA) is 67.9 Å². The van der Waals surface area contributed by atoms with Crippen LogP contribution in [0.15, 0.2) is 36.5 Å². The van der Waals surface area contributed by atoms with Crippen LogP contribution in [-0.4, -0.2) is 28.0 Å². The van der Waals surface area contributed by atoms with E-state index >= 15 is 0 Å². The number of carbonyl (C=O) groups is 1. The number of imidazole rings is 1. The van der Waals surface area contributed by atoms with E-state index in [-0.39, 0.29) is 12.4 Å². The molecule has 3 rings (SSSR count). The molecule has 0 aliphatic rings. The number of aromatic amines is 1. The van der Waals surface area contributed by atoms with Crippen LogP contribution in [0.4, 0.5) is 0 Å². The van der Waals surface area contributed by atoms with Gasteiger partial charge in [-0.3, -0.25) is 9.78 Å². The second-order valence-corrected chi connectivity index (χ2v) is 4.83. The highest BCUT2D eigenvalue weighted by atomic mass is 16.5. The molecule has 0 fully saturated rings. The number of fused-ring (bicyclic) bond motifs is 1. The zero-order chi connectivity index (χ0) is 14.8. The third kappa shape index (κ3) is 2.63. The average molecular weight is 281 g/mol. The first-order valence-corrected chi connectivity index (χ1v) is 6.65. The zero-order valence-electron chi connectivity index (χ0n) is 11.9. The lowest BCUT2D eigenvalue weighted by molar-refractivity contribution is -0.139. The van der Waals surface area contributed by atoms with Gasteiger partial charge in [-0.2, -0.15) is 0 Å². The highest BCUT2D eigenvalue weighted by molar-refractivity contribution is 5.82. The van der Waals surface area contributed by atoms with Crippen LogP contribution in [0.25, 0.3) is 22.4 Å². The number of aryl methyl sites for hydroxylation is 1. The summed E-state index contributed by atoms with van der Waals surface area (Å²) in [5.74, 6) is 0.531. The zero-order valence-corrected chi connectivity index (χ0v) is 11.9. The van der Waals surface area contributed by atoms with Crippen LogP contribution in [-0.2, 0) is 16.0 Å². The SMILES string of the molecule is COC(=O)Cc1ccc2nc(-c3cccnc3C)[nH]c2c1. The summed E-state index contributed by atoms with van der Waals surface area (Å²) in [6, 6.07) is 9.58. The van der Waals surface area contributed by atoms with Crippen molar-refractivity contribution in [2.45, 2.75) is 13.3 Å². The number of rotatable bonds is 3. The van der Waals surface area contributed by atoms with Crippen molar-refractivity contribution in [1.29, 1.82) is 0 Å². The Morgan fingerprint density at radius 3 is 2.95 bits per heavy atom. The lowest BCUT2D eigenvalue weighted by Crippen LogP contribution is -2.04. The van der Waals surface area contributed by atoms with Gasteiger partial charge in [-0.15, -0.1) is 0 Å². The minimum absolute atomic E-state index is 0.253. The van der Waals surface area contributed by atoms with Gasteiger partial charge in [-0.25, -0.2) is 4.98 Å². The Hall–Kier alpha value is -2.69. The monoisotopic (exact) mass is 281 g/mol. The van der Waals surface area contributed by atoms with Crippen LogP contribution >= 0.6 is 0 Å². The van der Waals surface area contributed by atoms with Crippen LogP contribution in [0.3, 0.4) is 0 Å². The number of esters is 1. The first-order chi connectivity index (χ1) is 10.2. The summed E-state index contributed by atoms with van der Waals surface area (Å²) in [6.45, 7) is 1.95. The van der Waals surface area contributed by atoms with Gasteiger partial charge in [0.25, 0.3) is 0 Å². The Balaban J connectivity index is 2.01. The first kappa shape index (κ1) is 13.3. The molecule has 0 unspecified atom stereocenters. The van der Waals surface area contributed by atoms with E-state index in [0.717, 1.165) is 33.7 Å². The number of benzene rings is 1. The largest absolute Gasteiger partial charge is 0.469 e. The number of nitrogens with zero attached hydrogens (tertiary/aromatic N) is 2. The molecule has 0 saturated heterocycles. The molecule has 0 radical (unpaired) electrons. The van der Waals surface area contributed by atoms with Crippen LogP contribution in [0, 0.1) is 6.92 Å². The van der Waals surface area contributed by atoms with Crippen molar-refractivity contribution in [3.8, 4) is 11.4 Å². The summed E-state index contributed by atoms with van der Waals surface area (Å²) in [6.07, 6.45) is 2.02. The molecule has 0 aliphatic carbocycles. The Labute approximate surface area is 122 Å². The van der Waals surface area contributed by atoms with E-state index in [4.69, 9.17) is 0 Å². The second kappa shape index (κ2) is 5.36. The summed E-state index contributed by atoms with van der Waals surface area (Å²) in [7, 11) is 1.39. The average Bonchev–Trinajstić information content (AvgIpc) is 2.90. The normalized spacial score (nSPS) is 10.8. The van der Waals surface area contributed by atoms with E-state index in [0.29, 0.717) is 0 Å². The van der Waals surface area contributed by atoms with Gasteiger partial charge in [-0.05, 0) is 36.8 Å². The molecule has 0 atom stereocenters. The summed E-state index contributed by atoms with van der Waals surface area (Å²) in [4.78, 5) is 23.5. The van der Waals surface area contributed by atoms with Gasteiger partial charge in [0.2, 0.25) is 0 Å². The molecule has 3 aromatic rings. The number of hydrogen-bond donors (Lipinski definition) is 1. The molecule has 2 aromatic heterocycles. The number of ether oxygens (including phenoxy) is 1. The molecular weight excluding hydrogens is 266 g/mol. The van der Waals surface area contributed by atoms with Crippen molar-refractivity contribution in [3.63, 3.8) is 0 Å². The summed E-state index contributed by atoms with van der Waals surface area (Å²) in [5, 5.41) is 0. The molecule has 2 heterocycles. The summed E-state index contributed by atoms with van der Waals surface area (Å²) < 4.78 is 4.68. The van der Waals surface area contributed by atoms with Gasteiger partial charge in [-0.1, -0.05) is 6.07 Å². The third-order valence-corrected chi connectivity index (χ3v) is 3.38.